The summed E-state index contributed by atoms with van der Waals surface area (Å²) in [4.78, 5) is 0. The Labute approximate surface area is 139 Å². The van der Waals surface area contributed by atoms with Crippen molar-refractivity contribution >= 4 is 10.0 Å². The van der Waals surface area contributed by atoms with E-state index in [0.29, 0.717) is 25.0 Å². The molecule has 0 saturated carbocycles. The maximum Gasteiger partial charge on any atom is 0.211 e. The lowest BCUT2D eigenvalue weighted by atomic mass is 9.87. The van der Waals surface area contributed by atoms with Gasteiger partial charge in [0.05, 0.1) is 13.4 Å². The Kier molecular flexibility index (Phi) is 4.94. The average molecular weight is 338 g/mol. The van der Waals surface area contributed by atoms with Crippen molar-refractivity contribution in [3.63, 3.8) is 0 Å². The molecule has 0 radical (unpaired) electrons. The van der Waals surface area contributed by atoms with Crippen LogP contribution in [-0.2, 0) is 16.4 Å². The minimum absolute atomic E-state index is 0.372. The highest BCUT2D eigenvalue weighted by molar-refractivity contribution is 7.88. The SMILES string of the molecule is COc1ccc2c(c1)CCC[C@H]2NC[C@@H]1CCN(S(C)(=O)=O)C1. The van der Waals surface area contributed by atoms with Gasteiger partial charge >= 0.3 is 0 Å². The molecule has 1 aromatic rings. The van der Waals surface area contributed by atoms with E-state index in [0.717, 1.165) is 31.6 Å². The number of fused-ring (bicyclic) bond motifs is 1. The predicted molar refractivity (Wildman–Crippen MR) is 91.2 cm³/mol. The second-order valence-corrected chi connectivity index (χ2v) is 8.68. The van der Waals surface area contributed by atoms with Crippen LogP contribution in [0.4, 0.5) is 0 Å². The average Bonchev–Trinajstić information content (AvgIpc) is 3.01. The van der Waals surface area contributed by atoms with Gasteiger partial charge < -0.3 is 10.1 Å². The van der Waals surface area contributed by atoms with Gasteiger partial charge in [0.2, 0.25) is 10.0 Å². The number of ether oxygens (including phenoxy) is 1. The van der Waals surface area contributed by atoms with Crippen LogP contribution in [0, 0.1) is 5.92 Å². The van der Waals surface area contributed by atoms with Crippen molar-refractivity contribution in [2.45, 2.75) is 31.7 Å². The first-order chi connectivity index (χ1) is 11.0. The molecule has 1 N–H and O–H groups in total. The number of rotatable bonds is 5. The number of sulfonamides is 1. The lowest BCUT2D eigenvalue weighted by Gasteiger charge is -2.28. The number of nitrogens with one attached hydrogen (secondary N) is 1. The lowest BCUT2D eigenvalue weighted by molar-refractivity contribution is 0.395. The highest BCUT2D eigenvalue weighted by Crippen LogP contribution is 2.32. The van der Waals surface area contributed by atoms with Crippen LogP contribution in [0.3, 0.4) is 0 Å². The Hall–Kier alpha value is -1.11. The smallest absolute Gasteiger partial charge is 0.211 e. The van der Waals surface area contributed by atoms with Crippen molar-refractivity contribution in [3.8, 4) is 5.75 Å². The molecule has 0 unspecified atom stereocenters. The third-order valence-electron chi connectivity index (χ3n) is 5.03. The second-order valence-electron chi connectivity index (χ2n) is 6.69. The molecular weight excluding hydrogens is 312 g/mol. The molecule has 128 valence electrons. The summed E-state index contributed by atoms with van der Waals surface area (Å²) in [6.07, 6.45) is 5.67. The van der Waals surface area contributed by atoms with E-state index in [1.54, 1.807) is 11.4 Å². The van der Waals surface area contributed by atoms with Crippen LogP contribution in [0.15, 0.2) is 18.2 Å². The number of hydrogen-bond donors (Lipinski definition) is 1. The molecule has 23 heavy (non-hydrogen) atoms. The highest BCUT2D eigenvalue weighted by Gasteiger charge is 2.29. The molecule has 2 aliphatic rings. The van der Waals surface area contributed by atoms with Gasteiger partial charge in [0.25, 0.3) is 0 Å². The summed E-state index contributed by atoms with van der Waals surface area (Å²) in [7, 11) is -1.34. The van der Waals surface area contributed by atoms with Gasteiger partial charge in [-0.3, -0.25) is 0 Å². The summed E-state index contributed by atoms with van der Waals surface area (Å²) in [6.45, 7) is 2.18. The summed E-state index contributed by atoms with van der Waals surface area (Å²) in [5.41, 5.74) is 2.74. The number of hydrogen-bond acceptors (Lipinski definition) is 4. The summed E-state index contributed by atoms with van der Waals surface area (Å²) in [6, 6.07) is 6.71. The molecule has 1 heterocycles. The standard InChI is InChI=1S/C17H26N2O3S/c1-22-15-6-7-16-14(10-15)4-3-5-17(16)18-11-13-8-9-19(12-13)23(2,20)21/h6-7,10,13,17-18H,3-5,8-9,11-12H2,1-2H3/t13-,17+/m0/s1. The van der Waals surface area contributed by atoms with Crippen LogP contribution in [0.5, 0.6) is 5.75 Å². The normalized spacial score (nSPS) is 25.3. The highest BCUT2D eigenvalue weighted by atomic mass is 32.2. The molecule has 1 aliphatic heterocycles. The van der Waals surface area contributed by atoms with Gasteiger partial charge in [0, 0.05) is 19.1 Å². The van der Waals surface area contributed by atoms with Crippen LogP contribution in [0.2, 0.25) is 0 Å². The molecule has 1 fully saturated rings. The second kappa shape index (κ2) is 6.79. The number of methoxy groups -OCH3 is 1. The topological polar surface area (TPSA) is 58.6 Å². The van der Waals surface area contributed by atoms with Crippen molar-refractivity contribution in [1.29, 1.82) is 0 Å². The zero-order chi connectivity index (χ0) is 16.4. The molecule has 1 aliphatic carbocycles. The molecule has 0 aromatic heterocycles. The molecule has 3 rings (SSSR count). The Balaban J connectivity index is 1.60. The molecule has 0 amide bonds. The van der Waals surface area contributed by atoms with Crippen molar-refractivity contribution in [3.05, 3.63) is 29.3 Å². The van der Waals surface area contributed by atoms with Crippen molar-refractivity contribution in [1.82, 2.24) is 9.62 Å². The maximum atomic E-state index is 11.6. The summed E-state index contributed by atoms with van der Waals surface area (Å²) < 4.78 is 30.1. The minimum atomic E-state index is -3.04. The van der Waals surface area contributed by atoms with Crippen LogP contribution in [0.1, 0.15) is 36.4 Å². The molecule has 0 spiro atoms. The van der Waals surface area contributed by atoms with Gasteiger partial charge in [-0.05, 0) is 61.4 Å². The fourth-order valence-electron chi connectivity index (χ4n) is 3.70. The molecule has 0 bridgehead atoms. The quantitative estimate of drug-likeness (QED) is 0.891. The van der Waals surface area contributed by atoms with Gasteiger partial charge in [-0.15, -0.1) is 0 Å². The molecule has 6 heteroatoms. The van der Waals surface area contributed by atoms with E-state index in [-0.39, 0.29) is 0 Å². The first-order valence-electron chi connectivity index (χ1n) is 8.32. The third kappa shape index (κ3) is 3.87. The fraction of sp³-hybridized carbons (Fsp3) is 0.647. The van der Waals surface area contributed by atoms with Gasteiger partial charge in [0.1, 0.15) is 5.75 Å². The Bertz CT molecular complexity index is 660. The van der Waals surface area contributed by atoms with Crippen LogP contribution >= 0.6 is 0 Å². The molecule has 5 nitrogen and oxygen atoms in total. The van der Waals surface area contributed by atoms with Crippen LogP contribution in [0.25, 0.3) is 0 Å². The maximum absolute atomic E-state index is 11.6. The summed E-state index contributed by atoms with van der Waals surface area (Å²) >= 11 is 0. The Morgan fingerprint density at radius 2 is 2.17 bits per heavy atom. The molecule has 1 aromatic carbocycles. The lowest BCUT2D eigenvalue weighted by Crippen LogP contribution is -2.32. The van der Waals surface area contributed by atoms with Gasteiger partial charge in [0.15, 0.2) is 0 Å². The number of nitrogens with zero attached hydrogens (tertiary/aromatic N) is 1. The first-order valence-corrected chi connectivity index (χ1v) is 10.2. The zero-order valence-electron chi connectivity index (χ0n) is 13.9. The summed E-state index contributed by atoms with van der Waals surface area (Å²) in [5, 5.41) is 3.67. The van der Waals surface area contributed by atoms with Crippen LogP contribution in [-0.4, -0.2) is 45.7 Å². The Morgan fingerprint density at radius 1 is 1.35 bits per heavy atom. The van der Waals surface area contributed by atoms with Crippen molar-refractivity contribution in [2.24, 2.45) is 5.92 Å². The van der Waals surface area contributed by atoms with E-state index < -0.39 is 10.0 Å². The summed E-state index contributed by atoms with van der Waals surface area (Å²) in [5.74, 6) is 1.33. The molecule has 2 atom stereocenters. The number of aryl methyl sites for hydroxylation is 1. The van der Waals surface area contributed by atoms with E-state index in [2.05, 4.69) is 17.4 Å². The predicted octanol–water partition coefficient (Wildman–Crippen LogP) is 1.94. The van der Waals surface area contributed by atoms with E-state index in [4.69, 9.17) is 4.74 Å². The fourth-order valence-corrected chi connectivity index (χ4v) is 4.62. The monoisotopic (exact) mass is 338 g/mol. The zero-order valence-corrected chi connectivity index (χ0v) is 14.7. The van der Waals surface area contributed by atoms with Gasteiger partial charge in [-0.25, -0.2) is 12.7 Å². The van der Waals surface area contributed by atoms with Crippen molar-refractivity contribution in [2.75, 3.05) is 33.0 Å². The van der Waals surface area contributed by atoms with E-state index in [1.165, 1.54) is 23.8 Å². The van der Waals surface area contributed by atoms with Gasteiger partial charge in [-0.1, -0.05) is 6.07 Å². The van der Waals surface area contributed by atoms with E-state index >= 15 is 0 Å². The Morgan fingerprint density at radius 3 is 2.87 bits per heavy atom. The van der Waals surface area contributed by atoms with Crippen LogP contribution < -0.4 is 10.1 Å². The van der Waals surface area contributed by atoms with Gasteiger partial charge in [-0.2, -0.15) is 0 Å². The first kappa shape index (κ1) is 16.7. The molecular formula is C17H26N2O3S. The minimum Gasteiger partial charge on any atom is -0.497 e. The largest absolute Gasteiger partial charge is 0.497 e. The number of benzene rings is 1. The van der Waals surface area contributed by atoms with Crippen molar-refractivity contribution < 1.29 is 13.2 Å². The van der Waals surface area contributed by atoms with E-state index in [9.17, 15) is 8.42 Å². The third-order valence-corrected chi connectivity index (χ3v) is 6.30. The molecule has 1 saturated heterocycles. The van der Waals surface area contributed by atoms with E-state index in [1.807, 2.05) is 6.07 Å².